The molecule has 0 bridgehead atoms. The van der Waals surface area contributed by atoms with Crippen LogP contribution in [-0.2, 0) is 4.79 Å². The van der Waals surface area contributed by atoms with E-state index in [1.807, 2.05) is 0 Å². The normalized spacial score (nSPS) is 37.8. The summed E-state index contributed by atoms with van der Waals surface area (Å²) in [5.74, 6) is 1.10. The van der Waals surface area contributed by atoms with Gasteiger partial charge in [-0.1, -0.05) is 0 Å². The molecule has 0 radical (unpaired) electrons. The fraction of sp³-hybridized carbons (Fsp3) is 0.900. The third-order valence-electron chi connectivity index (χ3n) is 4.02. The second-order valence-corrected chi connectivity index (χ2v) is 4.76. The van der Waals surface area contributed by atoms with E-state index in [-0.39, 0.29) is 5.92 Å². The molecule has 3 fully saturated rings. The first-order chi connectivity index (χ1) is 5.75. The molecule has 3 aliphatic rings. The van der Waals surface area contributed by atoms with Gasteiger partial charge in [-0.05, 0) is 49.4 Å². The molecule has 12 heavy (non-hydrogen) atoms. The van der Waals surface area contributed by atoms with Crippen LogP contribution in [0.3, 0.4) is 0 Å². The van der Waals surface area contributed by atoms with E-state index in [1.165, 1.54) is 25.7 Å². The zero-order valence-corrected chi connectivity index (χ0v) is 7.12. The largest absolute Gasteiger partial charge is 0.481 e. The van der Waals surface area contributed by atoms with Gasteiger partial charge in [0.1, 0.15) is 0 Å². The molecule has 0 aliphatic heterocycles. The number of carbonyl (C=O) groups is 1. The quantitative estimate of drug-likeness (QED) is 0.695. The zero-order chi connectivity index (χ0) is 8.34. The maximum Gasteiger partial charge on any atom is 0.307 e. The molecule has 0 amide bonds. The van der Waals surface area contributed by atoms with Crippen molar-refractivity contribution in [1.29, 1.82) is 0 Å². The van der Waals surface area contributed by atoms with Gasteiger partial charge in [-0.25, -0.2) is 0 Å². The standard InChI is InChI=1S/C10H14O2/c11-9(12)8-5-10(8,6-1-2-6)7-3-4-7/h6-8H,1-5H2,(H,11,12). The summed E-state index contributed by atoms with van der Waals surface area (Å²) in [5, 5.41) is 8.94. The van der Waals surface area contributed by atoms with Gasteiger partial charge in [-0.15, -0.1) is 0 Å². The lowest BCUT2D eigenvalue weighted by Gasteiger charge is -2.13. The van der Waals surface area contributed by atoms with E-state index in [1.54, 1.807) is 0 Å². The monoisotopic (exact) mass is 166 g/mol. The molecule has 0 aromatic heterocycles. The molecule has 3 saturated carbocycles. The summed E-state index contributed by atoms with van der Waals surface area (Å²) < 4.78 is 0. The van der Waals surface area contributed by atoms with Gasteiger partial charge in [0.15, 0.2) is 0 Å². The Morgan fingerprint density at radius 1 is 1.17 bits per heavy atom. The molecule has 0 spiro atoms. The average Bonchev–Trinajstić information content (AvgIpc) is 2.86. The minimum Gasteiger partial charge on any atom is -0.481 e. The van der Waals surface area contributed by atoms with Crippen molar-refractivity contribution in [2.45, 2.75) is 32.1 Å². The first-order valence-corrected chi connectivity index (χ1v) is 4.98. The number of carboxylic acid groups (broad SMARTS) is 1. The van der Waals surface area contributed by atoms with Gasteiger partial charge >= 0.3 is 5.97 Å². The number of hydrogen-bond acceptors (Lipinski definition) is 1. The second-order valence-electron chi connectivity index (χ2n) is 4.76. The van der Waals surface area contributed by atoms with E-state index in [2.05, 4.69) is 0 Å². The Kier molecular flexibility index (Phi) is 1.07. The van der Waals surface area contributed by atoms with Gasteiger partial charge in [-0.2, -0.15) is 0 Å². The van der Waals surface area contributed by atoms with Crippen LogP contribution >= 0.6 is 0 Å². The zero-order valence-electron chi connectivity index (χ0n) is 7.12. The van der Waals surface area contributed by atoms with Crippen LogP contribution in [0.1, 0.15) is 32.1 Å². The summed E-state index contributed by atoms with van der Waals surface area (Å²) in [6.45, 7) is 0. The molecule has 0 aromatic rings. The molecule has 3 rings (SSSR count). The summed E-state index contributed by atoms with van der Waals surface area (Å²) in [4.78, 5) is 10.8. The highest BCUT2D eigenvalue weighted by molar-refractivity contribution is 5.75. The van der Waals surface area contributed by atoms with E-state index in [0.29, 0.717) is 5.41 Å². The number of rotatable bonds is 3. The lowest BCUT2D eigenvalue weighted by Crippen LogP contribution is -2.14. The highest BCUT2D eigenvalue weighted by Crippen LogP contribution is 2.74. The molecule has 1 unspecified atom stereocenters. The Bertz CT molecular complexity index is 226. The molecular formula is C10H14O2. The lowest BCUT2D eigenvalue weighted by atomic mass is 9.91. The van der Waals surface area contributed by atoms with E-state index < -0.39 is 5.97 Å². The van der Waals surface area contributed by atoms with E-state index in [0.717, 1.165) is 18.3 Å². The van der Waals surface area contributed by atoms with Gasteiger partial charge in [0.05, 0.1) is 5.92 Å². The van der Waals surface area contributed by atoms with Crippen molar-refractivity contribution in [3.8, 4) is 0 Å². The minimum absolute atomic E-state index is 0.0394. The third kappa shape index (κ3) is 0.732. The van der Waals surface area contributed by atoms with Crippen molar-refractivity contribution in [3.63, 3.8) is 0 Å². The van der Waals surface area contributed by atoms with Gasteiger partial charge in [0, 0.05) is 0 Å². The highest BCUT2D eigenvalue weighted by Gasteiger charge is 2.70. The molecular weight excluding hydrogens is 152 g/mol. The van der Waals surface area contributed by atoms with Crippen LogP contribution in [0.5, 0.6) is 0 Å². The predicted octanol–water partition coefficient (Wildman–Crippen LogP) is 1.90. The molecule has 0 saturated heterocycles. The summed E-state index contributed by atoms with van der Waals surface area (Å²) in [6.07, 6.45) is 6.22. The summed E-state index contributed by atoms with van der Waals surface area (Å²) in [6, 6.07) is 0. The smallest absolute Gasteiger partial charge is 0.307 e. The first kappa shape index (κ1) is 6.93. The topological polar surface area (TPSA) is 37.3 Å². The molecule has 2 heteroatoms. The Labute approximate surface area is 72.0 Å². The van der Waals surface area contributed by atoms with Gasteiger partial charge in [0.2, 0.25) is 0 Å². The number of hydrogen-bond donors (Lipinski definition) is 1. The van der Waals surface area contributed by atoms with E-state index in [9.17, 15) is 4.79 Å². The fourth-order valence-corrected chi connectivity index (χ4v) is 3.09. The van der Waals surface area contributed by atoms with E-state index >= 15 is 0 Å². The second kappa shape index (κ2) is 1.86. The number of aliphatic carboxylic acids is 1. The van der Waals surface area contributed by atoms with Gasteiger partial charge < -0.3 is 5.11 Å². The van der Waals surface area contributed by atoms with Crippen molar-refractivity contribution in [1.82, 2.24) is 0 Å². The Hall–Kier alpha value is -0.530. The maximum atomic E-state index is 10.8. The Morgan fingerprint density at radius 3 is 1.92 bits per heavy atom. The van der Waals surface area contributed by atoms with Crippen molar-refractivity contribution < 1.29 is 9.90 Å². The van der Waals surface area contributed by atoms with Crippen LogP contribution in [0.4, 0.5) is 0 Å². The molecule has 3 aliphatic carbocycles. The van der Waals surface area contributed by atoms with Gasteiger partial charge in [-0.3, -0.25) is 4.79 Å². The molecule has 66 valence electrons. The van der Waals surface area contributed by atoms with Crippen molar-refractivity contribution in [2.24, 2.45) is 23.2 Å². The molecule has 0 heterocycles. The first-order valence-electron chi connectivity index (χ1n) is 4.98. The van der Waals surface area contributed by atoms with Crippen LogP contribution in [0.25, 0.3) is 0 Å². The number of carboxylic acids is 1. The van der Waals surface area contributed by atoms with Crippen LogP contribution in [-0.4, -0.2) is 11.1 Å². The van der Waals surface area contributed by atoms with Crippen LogP contribution < -0.4 is 0 Å². The summed E-state index contributed by atoms with van der Waals surface area (Å²) in [7, 11) is 0. The SMILES string of the molecule is O=C(O)C1CC1(C1CC1)C1CC1. The highest BCUT2D eigenvalue weighted by atomic mass is 16.4. The molecule has 1 atom stereocenters. The third-order valence-corrected chi connectivity index (χ3v) is 4.02. The Morgan fingerprint density at radius 2 is 1.67 bits per heavy atom. The van der Waals surface area contributed by atoms with Crippen LogP contribution in [0, 0.1) is 23.2 Å². The summed E-state index contributed by atoms with van der Waals surface area (Å²) >= 11 is 0. The lowest BCUT2D eigenvalue weighted by molar-refractivity contribution is -0.139. The fourth-order valence-electron chi connectivity index (χ4n) is 3.09. The predicted molar refractivity (Wildman–Crippen MR) is 43.6 cm³/mol. The Balaban J connectivity index is 1.82. The van der Waals surface area contributed by atoms with Crippen LogP contribution in [0.15, 0.2) is 0 Å². The van der Waals surface area contributed by atoms with Crippen molar-refractivity contribution in [3.05, 3.63) is 0 Å². The van der Waals surface area contributed by atoms with Crippen LogP contribution in [0.2, 0.25) is 0 Å². The molecule has 0 aromatic carbocycles. The summed E-state index contributed by atoms with van der Waals surface area (Å²) in [5.41, 5.74) is 0.311. The molecule has 2 nitrogen and oxygen atoms in total. The average molecular weight is 166 g/mol. The van der Waals surface area contributed by atoms with Crippen molar-refractivity contribution >= 4 is 5.97 Å². The minimum atomic E-state index is -0.534. The molecule has 1 N–H and O–H groups in total. The van der Waals surface area contributed by atoms with E-state index in [4.69, 9.17) is 5.11 Å². The maximum absolute atomic E-state index is 10.8. The van der Waals surface area contributed by atoms with Gasteiger partial charge in [0.25, 0.3) is 0 Å². The van der Waals surface area contributed by atoms with Crippen molar-refractivity contribution in [2.75, 3.05) is 0 Å².